The van der Waals surface area contributed by atoms with E-state index in [1.54, 1.807) is 0 Å². The first-order chi connectivity index (χ1) is 10.8. The molecule has 122 valence electrons. The van der Waals surface area contributed by atoms with E-state index in [0.29, 0.717) is 0 Å². The molecule has 0 aliphatic heterocycles. The molecule has 0 fully saturated rings. The molecule has 2 rings (SSSR count). The van der Waals surface area contributed by atoms with Gasteiger partial charge in [-0.1, -0.05) is 30.3 Å². The first-order valence-electron chi connectivity index (χ1n) is 6.68. The lowest BCUT2D eigenvalue weighted by atomic mass is 10.2. The Morgan fingerprint density at radius 1 is 1.13 bits per heavy atom. The van der Waals surface area contributed by atoms with Crippen LogP contribution in [0.4, 0.5) is 18.9 Å². The van der Waals surface area contributed by atoms with Gasteiger partial charge in [-0.3, -0.25) is 4.79 Å². The Balaban J connectivity index is 1.99. The van der Waals surface area contributed by atoms with Gasteiger partial charge in [0.15, 0.2) is 5.75 Å². The summed E-state index contributed by atoms with van der Waals surface area (Å²) in [6.07, 6.45) is -4.81. The third-order valence-corrected chi connectivity index (χ3v) is 4.01. The number of ether oxygens (including phenoxy) is 1. The van der Waals surface area contributed by atoms with Gasteiger partial charge in [-0.2, -0.15) is 0 Å². The average molecular weight is 341 g/mol. The molecule has 0 atom stereocenters. The molecule has 0 aliphatic carbocycles. The molecule has 23 heavy (non-hydrogen) atoms. The number of halogens is 3. The van der Waals surface area contributed by atoms with Crippen molar-refractivity contribution in [3.05, 3.63) is 54.1 Å². The summed E-state index contributed by atoms with van der Waals surface area (Å²) in [6, 6.07) is 13.0. The van der Waals surface area contributed by atoms with E-state index in [1.165, 1.54) is 30.0 Å². The van der Waals surface area contributed by atoms with Gasteiger partial charge in [0.2, 0.25) is 5.91 Å². The third kappa shape index (κ3) is 5.52. The number of carbonyl (C=O) groups is 1. The van der Waals surface area contributed by atoms with E-state index < -0.39 is 18.0 Å². The van der Waals surface area contributed by atoms with Crippen molar-refractivity contribution in [3.63, 3.8) is 0 Å². The van der Waals surface area contributed by atoms with Crippen LogP contribution in [-0.4, -0.2) is 18.0 Å². The molecular formula is C16H14F3NO2S. The fraction of sp³-hybridized carbons (Fsp3) is 0.188. The quantitative estimate of drug-likeness (QED) is 0.806. The van der Waals surface area contributed by atoms with Crippen molar-refractivity contribution < 1.29 is 22.7 Å². The summed E-state index contributed by atoms with van der Waals surface area (Å²) >= 11 is 1.32. The van der Waals surface area contributed by atoms with Crippen molar-refractivity contribution in [2.75, 3.05) is 11.1 Å². The van der Waals surface area contributed by atoms with E-state index in [0.717, 1.165) is 16.5 Å². The van der Waals surface area contributed by atoms with Gasteiger partial charge in [0.25, 0.3) is 0 Å². The summed E-state index contributed by atoms with van der Waals surface area (Å²) in [5, 5.41) is 2.44. The summed E-state index contributed by atoms with van der Waals surface area (Å²) in [5.74, 6) is -0.753. The zero-order chi connectivity index (χ0) is 16.9. The van der Waals surface area contributed by atoms with Gasteiger partial charge in [-0.15, -0.1) is 24.9 Å². The molecule has 7 heteroatoms. The first-order valence-corrected chi connectivity index (χ1v) is 7.67. The second-order valence-corrected chi connectivity index (χ2v) is 5.66. The number of nitrogens with one attached hydrogen (secondary N) is 1. The molecule has 2 aromatic rings. The van der Waals surface area contributed by atoms with E-state index in [-0.39, 0.29) is 11.4 Å². The zero-order valence-corrected chi connectivity index (χ0v) is 13.0. The normalized spacial score (nSPS) is 11.1. The maximum atomic E-state index is 12.3. The molecule has 0 spiro atoms. The number of thioether (sulfide) groups is 1. The first kappa shape index (κ1) is 17.2. The summed E-state index contributed by atoms with van der Waals surface area (Å²) in [6.45, 7) is 1.92. The highest BCUT2D eigenvalue weighted by Gasteiger charge is 2.32. The van der Waals surface area contributed by atoms with Crippen molar-refractivity contribution >= 4 is 23.4 Å². The van der Waals surface area contributed by atoms with E-state index in [1.807, 2.05) is 31.2 Å². The van der Waals surface area contributed by atoms with Crippen molar-refractivity contribution in [1.82, 2.24) is 0 Å². The minimum Gasteiger partial charge on any atom is -0.404 e. The second kappa shape index (κ2) is 7.41. The topological polar surface area (TPSA) is 38.3 Å². The number of alkyl halides is 3. The number of amides is 1. The SMILES string of the molecule is Cc1ccccc1SCC(=O)Nc1ccccc1OC(F)(F)F. The Hall–Kier alpha value is -2.15. The van der Waals surface area contributed by atoms with Gasteiger partial charge < -0.3 is 10.1 Å². The van der Waals surface area contributed by atoms with Crippen LogP contribution in [0.15, 0.2) is 53.4 Å². The standard InChI is InChI=1S/C16H14F3NO2S/c1-11-6-2-5-9-14(11)23-10-15(21)20-12-7-3-4-8-13(12)22-16(17,18)19/h2-9H,10H2,1H3,(H,20,21). The number of rotatable bonds is 5. The van der Waals surface area contributed by atoms with E-state index >= 15 is 0 Å². The Labute approximate surface area is 135 Å². The third-order valence-electron chi connectivity index (χ3n) is 2.84. The maximum Gasteiger partial charge on any atom is 0.573 e. The molecule has 0 aliphatic rings. The zero-order valence-electron chi connectivity index (χ0n) is 12.2. The van der Waals surface area contributed by atoms with Crippen LogP contribution in [0.2, 0.25) is 0 Å². The molecule has 1 amide bonds. The molecule has 0 heterocycles. The highest BCUT2D eigenvalue weighted by atomic mass is 32.2. The molecule has 0 radical (unpaired) electrons. The van der Waals surface area contributed by atoms with Crippen LogP contribution in [0.3, 0.4) is 0 Å². The van der Waals surface area contributed by atoms with Crippen LogP contribution in [-0.2, 0) is 4.79 Å². The van der Waals surface area contributed by atoms with Crippen LogP contribution in [0.25, 0.3) is 0 Å². The van der Waals surface area contributed by atoms with Crippen LogP contribution in [0, 0.1) is 6.92 Å². The predicted octanol–water partition coefficient (Wildman–Crippen LogP) is 4.62. The van der Waals surface area contributed by atoms with Crippen LogP contribution in [0.1, 0.15) is 5.56 Å². The lowest BCUT2D eigenvalue weighted by Gasteiger charge is -2.13. The molecule has 2 aromatic carbocycles. The second-order valence-electron chi connectivity index (χ2n) is 4.65. The molecule has 0 bridgehead atoms. The lowest BCUT2D eigenvalue weighted by molar-refractivity contribution is -0.274. The fourth-order valence-electron chi connectivity index (χ4n) is 1.83. The lowest BCUT2D eigenvalue weighted by Crippen LogP contribution is -2.20. The van der Waals surface area contributed by atoms with Crippen LogP contribution >= 0.6 is 11.8 Å². The number of carbonyl (C=O) groups excluding carboxylic acids is 1. The molecule has 0 saturated heterocycles. The number of hydrogen-bond donors (Lipinski definition) is 1. The minimum absolute atomic E-state index is 0.0137. The maximum absolute atomic E-state index is 12.3. The molecule has 3 nitrogen and oxygen atoms in total. The predicted molar refractivity (Wildman–Crippen MR) is 83.7 cm³/mol. The Morgan fingerprint density at radius 3 is 2.48 bits per heavy atom. The van der Waals surface area contributed by atoms with Gasteiger partial charge >= 0.3 is 6.36 Å². The monoisotopic (exact) mass is 341 g/mol. The van der Waals surface area contributed by atoms with Gasteiger partial charge in [-0.05, 0) is 30.7 Å². The van der Waals surface area contributed by atoms with Crippen LogP contribution < -0.4 is 10.1 Å². The summed E-state index contributed by atoms with van der Waals surface area (Å²) in [5.41, 5.74) is 1.02. The highest BCUT2D eigenvalue weighted by Crippen LogP contribution is 2.30. The number of aryl methyl sites for hydroxylation is 1. The Kier molecular flexibility index (Phi) is 5.54. The largest absolute Gasteiger partial charge is 0.573 e. The average Bonchev–Trinajstić information content (AvgIpc) is 2.47. The summed E-state index contributed by atoms with van der Waals surface area (Å²) in [7, 11) is 0. The highest BCUT2D eigenvalue weighted by molar-refractivity contribution is 8.00. The van der Waals surface area contributed by atoms with Gasteiger partial charge in [0.05, 0.1) is 11.4 Å². The minimum atomic E-state index is -4.81. The van der Waals surface area contributed by atoms with Crippen LogP contribution in [0.5, 0.6) is 5.75 Å². The van der Waals surface area contributed by atoms with E-state index in [9.17, 15) is 18.0 Å². The number of anilines is 1. The summed E-state index contributed by atoms with van der Waals surface area (Å²) < 4.78 is 40.9. The molecule has 0 unspecified atom stereocenters. The number of benzene rings is 2. The van der Waals surface area contributed by atoms with Crippen molar-refractivity contribution in [2.45, 2.75) is 18.2 Å². The van der Waals surface area contributed by atoms with Gasteiger partial charge in [-0.25, -0.2) is 0 Å². The van der Waals surface area contributed by atoms with Crippen molar-refractivity contribution in [3.8, 4) is 5.75 Å². The molecular weight excluding hydrogens is 327 g/mol. The number of hydrogen-bond acceptors (Lipinski definition) is 3. The van der Waals surface area contributed by atoms with Gasteiger partial charge in [0.1, 0.15) is 0 Å². The van der Waals surface area contributed by atoms with Crippen molar-refractivity contribution in [2.24, 2.45) is 0 Å². The smallest absolute Gasteiger partial charge is 0.404 e. The Bertz CT molecular complexity index is 689. The number of para-hydroxylation sites is 2. The van der Waals surface area contributed by atoms with E-state index in [4.69, 9.17) is 0 Å². The van der Waals surface area contributed by atoms with Crippen molar-refractivity contribution in [1.29, 1.82) is 0 Å². The van der Waals surface area contributed by atoms with E-state index in [2.05, 4.69) is 10.1 Å². The molecule has 1 N–H and O–H groups in total. The Morgan fingerprint density at radius 2 is 1.78 bits per heavy atom. The summed E-state index contributed by atoms with van der Waals surface area (Å²) in [4.78, 5) is 12.9. The molecule has 0 saturated carbocycles. The molecule has 0 aromatic heterocycles. The fourth-order valence-corrected chi connectivity index (χ4v) is 2.66. The van der Waals surface area contributed by atoms with Gasteiger partial charge in [0, 0.05) is 4.90 Å².